The molecular weight excluding hydrogens is 354 g/mol. The Bertz CT molecular complexity index is 873. The van der Waals surface area contributed by atoms with E-state index in [1.807, 2.05) is 40.2 Å². The molecule has 0 saturated heterocycles. The number of hydrogen-bond acceptors (Lipinski definition) is 5. The largest absolute Gasteiger partial charge is 0.495 e. The predicted molar refractivity (Wildman–Crippen MR) is 98.0 cm³/mol. The highest BCUT2D eigenvalue weighted by Crippen LogP contribution is 2.23. The summed E-state index contributed by atoms with van der Waals surface area (Å²) in [6.45, 7) is 0. The third-order valence-electron chi connectivity index (χ3n) is 2.96. The Labute approximate surface area is 146 Å². The molecule has 0 atom stereocenters. The number of anilines is 1. The van der Waals surface area contributed by atoms with Crippen LogP contribution in [0.5, 0.6) is 5.75 Å². The van der Waals surface area contributed by atoms with Gasteiger partial charge in [-0.05, 0) is 24.4 Å². The maximum atomic E-state index is 6.08. The zero-order chi connectivity index (χ0) is 16.2. The van der Waals surface area contributed by atoms with E-state index < -0.39 is 0 Å². The summed E-state index contributed by atoms with van der Waals surface area (Å²) in [7, 11) is 1.60. The number of hydrazone groups is 1. The number of imidazole rings is 1. The van der Waals surface area contributed by atoms with Gasteiger partial charge in [-0.15, -0.1) is 11.3 Å². The first-order valence-electron chi connectivity index (χ1n) is 6.53. The summed E-state index contributed by atoms with van der Waals surface area (Å²) in [6, 6.07) is 7.47. The summed E-state index contributed by atoms with van der Waals surface area (Å²) in [5.74, 6) is 0.694. The van der Waals surface area contributed by atoms with Gasteiger partial charge in [-0.25, -0.2) is 4.98 Å². The van der Waals surface area contributed by atoms with Crippen molar-refractivity contribution in [3.05, 3.63) is 46.7 Å². The van der Waals surface area contributed by atoms with Crippen LogP contribution in [0.15, 0.2) is 40.9 Å². The molecule has 0 bridgehead atoms. The maximum Gasteiger partial charge on any atom is 0.195 e. The number of benzene rings is 1. The van der Waals surface area contributed by atoms with Crippen LogP contribution in [0.1, 0.15) is 5.69 Å². The van der Waals surface area contributed by atoms with Crippen LogP contribution >= 0.6 is 35.2 Å². The Kier molecular flexibility index (Phi) is 4.75. The zero-order valence-corrected chi connectivity index (χ0v) is 14.4. The van der Waals surface area contributed by atoms with Crippen molar-refractivity contribution in [2.45, 2.75) is 0 Å². The molecule has 0 spiro atoms. The Morgan fingerprint density at radius 3 is 3.13 bits per heavy atom. The summed E-state index contributed by atoms with van der Waals surface area (Å²) in [6.07, 6.45) is 3.46. The molecule has 0 aliphatic rings. The minimum Gasteiger partial charge on any atom is -0.495 e. The number of aromatic nitrogens is 2. The van der Waals surface area contributed by atoms with Crippen LogP contribution < -0.4 is 15.5 Å². The van der Waals surface area contributed by atoms with Crippen molar-refractivity contribution < 1.29 is 4.74 Å². The van der Waals surface area contributed by atoms with Crippen LogP contribution in [0.4, 0.5) is 5.69 Å². The Balaban J connectivity index is 1.67. The minimum atomic E-state index is 0.341. The van der Waals surface area contributed by atoms with Gasteiger partial charge >= 0.3 is 0 Å². The molecule has 118 valence electrons. The second-order valence-electron chi connectivity index (χ2n) is 4.37. The number of hydrogen-bond donors (Lipinski definition) is 2. The van der Waals surface area contributed by atoms with Gasteiger partial charge in [0.2, 0.25) is 0 Å². The number of nitrogens with one attached hydrogen (secondary N) is 2. The van der Waals surface area contributed by atoms with Gasteiger partial charge in [0, 0.05) is 11.6 Å². The fraction of sp³-hybridized carbons (Fsp3) is 0.0714. The zero-order valence-electron chi connectivity index (χ0n) is 12.0. The molecule has 2 aromatic heterocycles. The number of para-hydroxylation sites is 2. The topological polar surface area (TPSA) is 63.0 Å². The number of ether oxygens (including phenoxy) is 1. The van der Waals surface area contributed by atoms with Crippen molar-refractivity contribution in [2.75, 3.05) is 12.4 Å². The van der Waals surface area contributed by atoms with Crippen molar-refractivity contribution in [3.63, 3.8) is 0 Å². The lowest BCUT2D eigenvalue weighted by Crippen LogP contribution is -2.24. The van der Waals surface area contributed by atoms with Crippen LogP contribution in [0.25, 0.3) is 4.96 Å². The van der Waals surface area contributed by atoms with Crippen LogP contribution in [0.3, 0.4) is 0 Å². The summed E-state index contributed by atoms with van der Waals surface area (Å²) >= 11 is 12.8. The minimum absolute atomic E-state index is 0.341. The smallest absolute Gasteiger partial charge is 0.195 e. The van der Waals surface area contributed by atoms with Gasteiger partial charge in [0.05, 0.1) is 19.0 Å². The van der Waals surface area contributed by atoms with Crippen LogP contribution in [0.2, 0.25) is 5.15 Å². The Morgan fingerprint density at radius 2 is 2.30 bits per heavy atom. The van der Waals surface area contributed by atoms with E-state index in [-0.39, 0.29) is 0 Å². The molecule has 6 nitrogen and oxygen atoms in total. The number of rotatable bonds is 4. The molecule has 0 aliphatic carbocycles. The van der Waals surface area contributed by atoms with Gasteiger partial charge in [-0.1, -0.05) is 23.7 Å². The second kappa shape index (κ2) is 6.95. The van der Waals surface area contributed by atoms with E-state index >= 15 is 0 Å². The molecule has 1 aromatic carbocycles. The van der Waals surface area contributed by atoms with Gasteiger partial charge in [-0.2, -0.15) is 5.10 Å². The monoisotopic (exact) mass is 365 g/mol. The summed E-state index contributed by atoms with van der Waals surface area (Å²) in [5, 5.41) is 9.78. The fourth-order valence-corrected chi connectivity index (χ4v) is 3.10. The molecule has 0 radical (unpaired) electrons. The lowest BCUT2D eigenvalue weighted by atomic mass is 10.3. The van der Waals surface area contributed by atoms with Crippen molar-refractivity contribution in [2.24, 2.45) is 5.10 Å². The quantitative estimate of drug-likeness (QED) is 0.421. The Hall–Kier alpha value is -2.16. The van der Waals surface area contributed by atoms with E-state index in [2.05, 4.69) is 20.8 Å². The number of fused-ring (bicyclic) bond motifs is 1. The molecule has 0 aliphatic heterocycles. The van der Waals surface area contributed by atoms with Crippen LogP contribution in [-0.4, -0.2) is 27.8 Å². The lowest BCUT2D eigenvalue weighted by molar-refractivity contribution is 0.417. The summed E-state index contributed by atoms with van der Waals surface area (Å²) < 4.78 is 7.10. The summed E-state index contributed by atoms with van der Waals surface area (Å²) in [4.78, 5) is 5.04. The molecule has 0 amide bonds. The van der Waals surface area contributed by atoms with Gasteiger partial charge in [0.1, 0.15) is 11.4 Å². The summed E-state index contributed by atoms with van der Waals surface area (Å²) in [5.41, 5.74) is 4.19. The normalized spacial score (nSPS) is 11.0. The highest BCUT2D eigenvalue weighted by Gasteiger charge is 2.09. The third-order valence-corrected chi connectivity index (χ3v) is 4.19. The number of halogens is 1. The van der Waals surface area contributed by atoms with E-state index in [0.717, 1.165) is 10.6 Å². The standard InChI is InChI=1S/C14H12ClN5OS2/c1-21-11-5-3-2-4-9(11)17-13(22)19-16-8-10-12(15)18-14-20(10)6-7-23-14/h2-8H,1H3,(H2,17,19,22)/b16-8+. The number of methoxy groups -OCH3 is 1. The van der Waals surface area contributed by atoms with E-state index in [4.69, 9.17) is 28.6 Å². The molecule has 3 aromatic rings. The van der Waals surface area contributed by atoms with E-state index in [9.17, 15) is 0 Å². The highest BCUT2D eigenvalue weighted by molar-refractivity contribution is 7.80. The Morgan fingerprint density at radius 1 is 1.48 bits per heavy atom. The average Bonchev–Trinajstić information content (AvgIpc) is 3.10. The maximum absolute atomic E-state index is 6.08. The first kappa shape index (κ1) is 15.7. The average molecular weight is 366 g/mol. The number of thiocarbonyl (C=S) groups is 1. The molecule has 2 heterocycles. The SMILES string of the molecule is COc1ccccc1NC(=S)N/N=C/c1c(Cl)nc2sccn12. The molecule has 23 heavy (non-hydrogen) atoms. The van der Waals surface area contributed by atoms with Crippen molar-refractivity contribution >= 4 is 57.1 Å². The first-order valence-corrected chi connectivity index (χ1v) is 8.19. The highest BCUT2D eigenvalue weighted by atomic mass is 35.5. The molecule has 0 unspecified atom stereocenters. The first-order chi connectivity index (χ1) is 11.2. The van der Waals surface area contributed by atoms with Gasteiger partial charge in [-0.3, -0.25) is 9.83 Å². The molecular formula is C14H12ClN5OS2. The molecule has 9 heteroatoms. The number of nitrogens with zero attached hydrogens (tertiary/aromatic N) is 3. The van der Waals surface area contributed by atoms with Gasteiger partial charge < -0.3 is 10.1 Å². The second-order valence-corrected chi connectivity index (χ2v) is 6.01. The van der Waals surface area contributed by atoms with Crippen LogP contribution in [-0.2, 0) is 0 Å². The molecule has 2 N–H and O–H groups in total. The van der Waals surface area contributed by atoms with E-state index in [0.29, 0.717) is 21.7 Å². The van der Waals surface area contributed by atoms with E-state index in [1.165, 1.54) is 11.3 Å². The van der Waals surface area contributed by atoms with Crippen LogP contribution in [0, 0.1) is 0 Å². The number of thiazole rings is 1. The molecule has 0 saturated carbocycles. The van der Waals surface area contributed by atoms with Gasteiger partial charge in [0.25, 0.3) is 0 Å². The molecule has 0 fully saturated rings. The fourth-order valence-electron chi connectivity index (χ4n) is 1.94. The molecule has 3 rings (SSSR count). The van der Waals surface area contributed by atoms with Crippen molar-refractivity contribution in [1.29, 1.82) is 0 Å². The van der Waals surface area contributed by atoms with Crippen molar-refractivity contribution in [3.8, 4) is 5.75 Å². The predicted octanol–water partition coefficient (Wildman–Crippen LogP) is 3.38. The van der Waals surface area contributed by atoms with Gasteiger partial charge in [0.15, 0.2) is 15.2 Å². The lowest BCUT2D eigenvalue weighted by Gasteiger charge is -2.10. The third kappa shape index (κ3) is 3.44. The van der Waals surface area contributed by atoms with E-state index in [1.54, 1.807) is 13.3 Å². The van der Waals surface area contributed by atoms with Crippen molar-refractivity contribution in [1.82, 2.24) is 14.8 Å².